The molecule has 1 aliphatic heterocycles. The van der Waals surface area contributed by atoms with Crippen molar-refractivity contribution in [3.05, 3.63) is 59.7 Å². The van der Waals surface area contributed by atoms with Gasteiger partial charge in [0.15, 0.2) is 0 Å². The summed E-state index contributed by atoms with van der Waals surface area (Å²) in [5.74, 6) is -0.464. The van der Waals surface area contributed by atoms with Gasteiger partial charge in [-0.15, -0.1) is 0 Å². The number of rotatable bonds is 3. The maximum Gasteiger partial charge on any atom is 0.314 e. The van der Waals surface area contributed by atoms with E-state index in [-0.39, 0.29) is 23.7 Å². The lowest BCUT2D eigenvalue weighted by Gasteiger charge is -2.20. The zero-order valence-electron chi connectivity index (χ0n) is 14.3. The van der Waals surface area contributed by atoms with Crippen LogP contribution in [0.15, 0.2) is 48.5 Å². The minimum atomic E-state index is -0.336. The number of carbonyl (C=O) groups excluding carboxylic acids is 3. The Labute approximate surface area is 151 Å². The highest BCUT2D eigenvalue weighted by atomic mass is 16.5. The summed E-state index contributed by atoms with van der Waals surface area (Å²) in [7, 11) is 0. The lowest BCUT2D eigenvalue weighted by atomic mass is 9.89. The van der Waals surface area contributed by atoms with Crippen molar-refractivity contribution >= 4 is 23.5 Å². The summed E-state index contributed by atoms with van der Waals surface area (Å²) < 4.78 is 5.46. The number of fused-ring (bicyclic) bond motifs is 1. The molecule has 2 aromatic rings. The Bertz CT molecular complexity index is 831. The summed E-state index contributed by atoms with van der Waals surface area (Å²) in [5.41, 5.74) is 1.28. The summed E-state index contributed by atoms with van der Waals surface area (Å²) >= 11 is 0. The maximum atomic E-state index is 12.5. The molecule has 0 aromatic heterocycles. The second kappa shape index (κ2) is 6.75. The molecule has 2 aromatic carbocycles. The summed E-state index contributed by atoms with van der Waals surface area (Å²) in [6, 6.07) is 13.3. The number of carbonyl (C=O) groups is 3. The van der Waals surface area contributed by atoms with Gasteiger partial charge in [-0.2, -0.15) is 0 Å². The maximum absolute atomic E-state index is 12.5. The summed E-state index contributed by atoms with van der Waals surface area (Å²) in [6.07, 6.45) is 5.08. The molecular weight excluding hydrogens is 330 g/mol. The van der Waals surface area contributed by atoms with Gasteiger partial charge in [0, 0.05) is 0 Å². The van der Waals surface area contributed by atoms with Gasteiger partial charge in [0.2, 0.25) is 0 Å². The van der Waals surface area contributed by atoms with Crippen molar-refractivity contribution in [1.82, 2.24) is 0 Å². The van der Waals surface area contributed by atoms with Gasteiger partial charge in [-0.25, -0.2) is 4.90 Å². The van der Waals surface area contributed by atoms with Crippen molar-refractivity contribution in [1.29, 1.82) is 0 Å². The third-order valence-corrected chi connectivity index (χ3v) is 5.05. The van der Waals surface area contributed by atoms with Crippen LogP contribution in [0.5, 0.6) is 5.75 Å². The van der Waals surface area contributed by atoms with Gasteiger partial charge >= 0.3 is 5.97 Å². The Kier molecular flexibility index (Phi) is 4.29. The van der Waals surface area contributed by atoms with Crippen molar-refractivity contribution in [3.63, 3.8) is 0 Å². The molecule has 5 heteroatoms. The summed E-state index contributed by atoms with van der Waals surface area (Å²) in [4.78, 5) is 38.4. The number of anilines is 1. The van der Waals surface area contributed by atoms with Crippen LogP contribution in [-0.2, 0) is 4.79 Å². The number of benzene rings is 2. The summed E-state index contributed by atoms with van der Waals surface area (Å²) in [6.45, 7) is 0. The van der Waals surface area contributed by atoms with Crippen LogP contribution in [0.3, 0.4) is 0 Å². The lowest BCUT2D eigenvalue weighted by Crippen LogP contribution is -2.29. The summed E-state index contributed by atoms with van der Waals surface area (Å²) in [5, 5.41) is 0. The zero-order valence-corrected chi connectivity index (χ0v) is 14.3. The van der Waals surface area contributed by atoms with Gasteiger partial charge in [0.25, 0.3) is 11.8 Å². The lowest BCUT2D eigenvalue weighted by molar-refractivity contribution is -0.139. The van der Waals surface area contributed by atoms with Crippen molar-refractivity contribution in [2.24, 2.45) is 5.92 Å². The Morgan fingerprint density at radius 1 is 0.846 bits per heavy atom. The molecule has 26 heavy (non-hydrogen) atoms. The third kappa shape index (κ3) is 2.90. The first-order chi connectivity index (χ1) is 12.6. The number of esters is 1. The van der Waals surface area contributed by atoms with Gasteiger partial charge in [-0.3, -0.25) is 14.4 Å². The minimum absolute atomic E-state index is 0.0281. The number of ether oxygens (including phenoxy) is 1. The topological polar surface area (TPSA) is 63.7 Å². The van der Waals surface area contributed by atoms with Crippen LogP contribution >= 0.6 is 0 Å². The zero-order chi connectivity index (χ0) is 18.1. The van der Waals surface area contributed by atoms with E-state index in [1.165, 1.54) is 6.42 Å². The van der Waals surface area contributed by atoms with Crippen molar-refractivity contribution in [2.45, 2.75) is 32.1 Å². The number of hydrogen-bond acceptors (Lipinski definition) is 4. The highest BCUT2D eigenvalue weighted by Crippen LogP contribution is 2.30. The average Bonchev–Trinajstić information content (AvgIpc) is 2.94. The van der Waals surface area contributed by atoms with E-state index in [4.69, 9.17) is 4.74 Å². The fourth-order valence-electron chi connectivity index (χ4n) is 3.62. The van der Waals surface area contributed by atoms with Crippen molar-refractivity contribution < 1.29 is 19.1 Å². The normalized spacial score (nSPS) is 17.3. The molecule has 0 atom stereocenters. The van der Waals surface area contributed by atoms with Crippen LogP contribution in [0.1, 0.15) is 52.8 Å². The Morgan fingerprint density at radius 3 is 2.00 bits per heavy atom. The highest BCUT2D eigenvalue weighted by Gasteiger charge is 2.36. The fraction of sp³-hybridized carbons (Fsp3) is 0.286. The molecule has 1 aliphatic carbocycles. The van der Waals surface area contributed by atoms with Gasteiger partial charge in [0.05, 0.1) is 22.7 Å². The first-order valence-electron chi connectivity index (χ1n) is 8.95. The molecular formula is C21H19NO4. The predicted molar refractivity (Wildman–Crippen MR) is 96.2 cm³/mol. The van der Waals surface area contributed by atoms with E-state index in [1.54, 1.807) is 48.5 Å². The molecule has 1 fully saturated rings. The van der Waals surface area contributed by atoms with Crippen LogP contribution in [-0.4, -0.2) is 17.8 Å². The van der Waals surface area contributed by atoms with E-state index in [2.05, 4.69) is 0 Å². The second-order valence-corrected chi connectivity index (χ2v) is 6.74. The van der Waals surface area contributed by atoms with Crippen LogP contribution in [0.25, 0.3) is 0 Å². The number of hydrogen-bond donors (Lipinski definition) is 0. The molecule has 2 aliphatic rings. The largest absolute Gasteiger partial charge is 0.426 e. The Balaban J connectivity index is 1.49. The minimum Gasteiger partial charge on any atom is -0.426 e. The molecule has 5 nitrogen and oxygen atoms in total. The van der Waals surface area contributed by atoms with Gasteiger partial charge in [-0.1, -0.05) is 31.4 Å². The molecule has 0 bridgehead atoms. The first kappa shape index (κ1) is 16.5. The molecule has 1 saturated carbocycles. The molecule has 132 valence electrons. The van der Waals surface area contributed by atoms with E-state index in [0.29, 0.717) is 22.6 Å². The van der Waals surface area contributed by atoms with Crippen molar-refractivity contribution in [2.75, 3.05) is 4.90 Å². The van der Waals surface area contributed by atoms with Crippen LogP contribution < -0.4 is 9.64 Å². The molecule has 1 heterocycles. The predicted octanol–water partition coefficient (Wildman–Crippen LogP) is 3.97. The number of nitrogens with zero attached hydrogens (tertiary/aromatic N) is 1. The first-order valence-corrected chi connectivity index (χ1v) is 8.95. The van der Waals surface area contributed by atoms with Gasteiger partial charge in [-0.05, 0) is 49.2 Å². The van der Waals surface area contributed by atoms with Gasteiger partial charge < -0.3 is 4.74 Å². The quantitative estimate of drug-likeness (QED) is 0.478. The van der Waals surface area contributed by atoms with Crippen LogP contribution in [0.2, 0.25) is 0 Å². The Morgan fingerprint density at radius 2 is 1.42 bits per heavy atom. The van der Waals surface area contributed by atoms with Crippen LogP contribution in [0.4, 0.5) is 5.69 Å². The third-order valence-electron chi connectivity index (χ3n) is 5.05. The van der Waals surface area contributed by atoms with Gasteiger partial charge in [0.1, 0.15) is 5.75 Å². The fourth-order valence-corrected chi connectivity index (χ4v) is 3.62. The standard InChI is InChI=1S/C21H19NO4/c23-19-17-8-4-5-9-18(17)20(24)22(19)15-10-12-16(13-11-15)26-21(25)14-6-2-1-3-7-14/h4-5,8-14H,1-3,6-7H2. The SMILES string of the molecule is O=C(Oc1ccc(N2C(=O)c3ccccc3C2=O)cc1)C1CCCCC1. The molecule has 4 rings (SSSR count). The Hall–Kier alpha value is -2.95. The molecule has 0 saturated heterocycles. The van der Waals surface area contributed by atoms with Crippen LogP contribution in [0, 0.1) is 5.92 Å². The van der Waals surface area contributed by atoms with E-state index in [0.717, 1.165) is 30.6 Å². The molecule has 2 amide bonds. The highest BCUT2D eigenvalue weighted by molar-refractivity contribution is 6.34. The second-order valence-electron chi connectivity index (χ2n) is 6.74. The molecule has 0 spiro atoms. The molecule has 0 radical (unpaired) electrons. The average molecular weight is 349 g/mol. The van der Waals surface area contributed by atoms with Crippen molar-refractivity contribution in [3.8, 4) is 5.75 Å². The van der Waals surface area contributed by atoms with E-state index in [1.807, 2.05) is 0 Å². The van der Waals surface area contributed by atoms with E-state index in [9.17, 15) is 14.4 Å². The molecule has 0 N–H and O–H groups in total. The number of amides is 2. The van der Waals surface area contributed by atoms with E-state index < -0.39 is 0 Å². The monoisotopic (exact) mass is 349 g/mol. The number of imide groups is 1. The molecule has 0 unspecified atom stereocenters. The van der Waals surface area contributed by atoms with E-state index >= 15 is 0 Å². The smallest absolute Gasteiger partial charge is 0.314 e.